The van der Waals surface area contributed by atoms with Crippen LogP contribution in [0, 0.1) is 0 Å². The maximum atomic E-state index is 13.1. The highest BCUT2D eigenvalue weighted by Gasteiger charge is 2.36. The second-order valence-electron chi connectivity index (χ2n) is 7.22. The van der Waals surface area contributed by atoms with Crippen LogP contribution < -0.4 is 11.1 Å². The molecular formula is C19H31N3O10. The van der Waals surface area contributed by atoms with Gasteiger partial charge in [-0.05, 0) is 19.3 Å². The fourth-order valence-electron chi connectivity index (χ4n) is 2.86. The first-order chi connectivity index (χ1) is 14.9. The predicted molar refractivity (Wildman–Crippen MR) is 109 cm³/mol. The van der Waals surface area contributed by atoms with Crippen molar-refractivity contribution in [3.8, 4) is 0 Å². The number of hydrogen-bond acceptors (Lipinski definition) is 7. The van der Waals surface area contributed by atoms with Gasteiger partial charge in [0.2, 0.25) is 11.8 Å². The van der Waals surface area contributed by atoms with Crippen LogP contribution in [0.25, 0.3) is 0 Å². The third kappa shape index (κ3) is 11.2. The minimum Gasteiger partial charge on any atom is -0.481 e. The minimum atomic E-state index is -1.72. The summed E-state index contributed by atoms with van der Waals surface area (Å²) in [4.78, 5) is 70.7. The van der Waals surface area contributed by atoms with Crippen molar-refractivity contribution in [3.05, 3.63) is 0 Å². The maximum absolute atomic E-state index is 13.1. The summed E-state index contributed by atoms with van der Waals surface area (Å²) in [5.74, 6) is -7.33. The van der Waals surface area contributed by atoms with Gasteiger partial charge in [0, 0.05) is 19.4 Å². The van der Waals surface area contributed by atoms with Gasteiger partial charge in [-0.25, -0.2) is 4.79 Å². The second-order valence-corrected chi connectivity index (χ2v) is 7.22. The van der Waals surface area contributed by atoms with E-state index >= 15 is 0 Å². The van der Waals surface area contributed by atoms with Gasteiger partial charge in [-0.3, -0.25) is 24.0 Å². The first kappa shape index (κ1) is 28.8. The van der Waals surface area contributed by atoms with Gasteiger partial charge in [-0.2, -0.15) is 0 Å². The standard InChI is InChI=1S/C19H31N3O10/c1-2-3-4-9-22(13(19(31)32)10-16(27)28)18(30)12(6-8-15(25)26)21-17(29)11(20)5-7-14(23)24/h11-13H,2-10,20H2,1H3,(H,21,29)(H,23,24)(H,25,26)(H,27,28)(H,31,32)/t11-,12-,13-/m0/s1. The van der Waals surface area contributed by atoms with Gasteiger partial charge in [0.05, 0.1) is 12.5 Å². The minimum absolute atomic E-state index is 0.110. The van der Waals surface area contributed by atoms with E-state index in [2.05, 4.69) is 5.32 Å². The Hall–Kier alpha value is -3.22. The Morgan fingerprint density at radius 1 is 0.875 bits per heavy atom. The van der Waals surface area contributed by atoms with Crippen LogP contribution in [-0.4, -0.2) is 85.7 Å². The molecule has 0 aliphatic rings. The van der Waals surface area contributed by atoms with E-state index in [4.69, 9.17) is 21.1 Å². The van der Waals surface area contributed by atoms with Crippen molar-refractivity contribution in [2.24, 2.45) is 5.73 Å². The SMILES string of the molecule is CCCCCN(C(=O)[C@H](CCC(=O)O)NC(=O)[C@@H](N)CCC(=O)O)[C@@H](CC(=O)O)C(=O)O. The summed E-state index contributed by atoms with van der Waals surface area (Å²) in [6.07, 6.45) is -0.751. The van der Waals surface area contributed by atoms with Crippen LogP contribution in [-0.2, 0) is 28.8 Å². The first-order valence-corrected chi connectivity index (χ1v) is 10.1. The molecule has 0 aliphatic heterocycles. The van der Waals surface area contributed by atoms with Gasteiger partial charge >= 0.3 is 23.9 Å². The number of carboxylic acid groups (broad SMARTS) is 4. The van der Waals surface area contributed by atoms with Gasteiger partial charge < -0.3 is 36.4 Å². The van der Waals surface area contributed by atoms with E-state index in [1.54, 1.807) is 0 Å². The third-order valence-corrected chi connectivity index (χ3v) is 4.58. The third-order valence-electron chi connectivity index (χ3n) is 4.58. The molecule has 0 saturated heterocycles. The van der Waals surface area contributed by atoms with Crippen LogP contribution in [0.4, 0.5) is 0 Å². The molecule has 0 aromatic heterocycles. The number of carbonyl (C=O) groups excluding carboxylic acids is 2. The molecule has 0 aromatic rings. The van der Waals surface area contributed by atoms with E-state index < -0.39 is 79.5 Å². The number of hydrogen-bond donors (Lipinski definition) is 6. The van der Waals surface area contributed by atoms with Crippen LogP contribution in [0.3, 0.4) is 0 Å². The lowest BCUT2D eigenvalue weighted by Gasteiger charge is -2.32. The van der Waals surface area contributed by atoms with Crippen LogP contribution in [0.2, 0.25) is 0 Å². The Bertz CT molecular complexity index is 697. The summed E-state index contributed by atoms with van der Waals surface area (Å²) in [5, 5.41) is 38.5. The molecule has 0 bridgehead atoms. The number of unbranched alkanes of at least 4 members (excludes halogenated alkanes) is 2. The Morgan fingerprint density at radius 2 is 1.44 bits per heavy atom. The summed E-state index contributed by atoms with van der Waals surface area (Å²) in [6.45, 7) is 1.76. The van der Waals surface area contributed by atoms with Gasteiger partial charge in [-0.1, -0.05) is 19.8 Å². The molecule has 182 valence electrons. The van der Waals surface area contributed by atoms with Crippen LogP contribution >= 0.6 is 0 Å². The summed E-state index contributed by atoms with van der Waals surface area (Å²) in [5.41, 5.74) is 5.63. The van der Waals surface area contributed by atoms with Gasteiger partial charge in [-0.15, -0.1) is 0 Å². The highest BCUT2D eigenvalue weighted by molar-refractivity contribution is 5.93. The lowest BCUT2D eigenvalue weighted by molar-refractivity contribution is -0.156. The van der Waals surface area contributed by atoms with Gasteiger partial charge in [0.15, 0.2) is 0 Å². The fourth-order valence-corrected chi connectivity index (χ4v) is 2.86. The van der Waals surface area contributed by atoms with Gasteiger partial charge in [0.1, 0.15) is 12.1 Å². The number of nitrogens with one attached hydrogen (secondary N) is 1. The monoisotopic (exact) mass is 461 g/mol. The summed E-state index contributed by atoms with van der Waals surface area (Å²) >= 11 is 0. The number of aliphatic carboxylic acids is 4. The Labute approximate surface area is 184 Å². The number of nitrogens with two attached hydrogens (primary N) is 1. The lowest BCUT2D eigenvalue weighted by atomic mass is 10.0. The zero-order chi connectivity index (χ0) is 24.8. The van der Waals surface area contributed by atoms with Crippen molar-refractivity contribution < 1.29 is 49.2 Å². The Kier molecular flexibility index (Phi) is 13.2. The van der Waals surface area contributed by atoms with Gasteiger partial charge in [0.25, 0.3) is 0 Å². The predicted octanol–water partition coefficient (Wildman–Crippen LogP) is -0.525. The van der Waals surface area contributed by atoms with Crippen molar-refractivity contribution in [1.82, 2.24) is 10.2 Å². The molecule has 13 nitrogen and oxygen atoms in total. The van der Waals surface area contributed by atoms with E-state index in [0.717, 1.165) is 11.3 Å². The highest BCUT2D eigenvalue weighted by atomic mass is 16.4. The fraction of sp³-hybridized carbons (Fsp3) is 0.684. The van der Waals surface area contributed by atoms with E-state index in [0.29, 0.717) is 12.8 Å². The average Bonchev–Trinajstić information content (AvgIpc) is 2.69. The summed E-state index contributed by atoms with van der Waals surface area (Å²) in [7, 11) is 0. The summed E-state index contributed by atoms with van der Waals surface area (Å²) in [6, 6.07) is -4.50. The number of rotatable bonds is 17. The molecule has 32 heavy (non-hydrogen) atoms. The van der Waals surface area contributed by atoms with Crippen LogP contribution in [0.5, 0.6) is 0 Å². The molecule has 0 rings (SSSR count). The molecule has 3 atom stereocenters. The molecule has 0 radical (unpaired) electrons. The number of nitrogens with zero attached hydrogens (tertiary/aromatic N) is 1. The van der Waals surface area contributed by atoms with Crippen LogP contribution in [0.1, 0.15) is 58.3 Å². The molecular weight excluding hydrogens is 430 g/mol. The number of carboxylic acids is 4. The Balaban J connectivity index is 5.76. The molecule has 0 aromatic carbocycles. The molecule has 7 N–H and O–H groups in total. The molecule has 0 saturated carbocycles. The largest absolute Gasteiger partial charge is 0.481 e. The Morgan fingerprint density at radius 3 is 1.91 bits per heavy atom. The molecule has 0 unspecified atom stereocenters. The van der Waals surface area contributed by atoms with E-state index in [-0.39, 0.29) is 13.0 Å². The quantitative estimate of drug-likeness (QED) is 0.151. The number of carbonyl (C=O) groups is 6. The normalized spacial score (nSPS) is 13.4. The van der Waals surface area contributed by atoms with Crippen molar-refractivity contribution >= 4 is 35.7 Å². The molecule has 0 spiro atoms. The first-order valence-electron chi connectivity index (χ1n) is 10.1. The molecule has 13 heteroatoms. The highest BCUT2D eigenvalue weighted by Crippen LogP contribution is 2.14. The van der Waals surface area contributed by atoms with Crippen molar-refractivity contribution in [1.29, 1.82) is 0 Å². The molecule has 2 amide bonds. The molecule has 0 fully saturated rings. The topological polar surface area (TPSA) is 225 Å². The van der Waals surface area contributed by atoms with Crippen molar-refractivity contribution in [2.75, 3.05) is 6.54 Å². The van der Waals surface area contributed by atoms with E-state index in [9.17, 15) is 33.9 Å². The zero-order valence-electron chi connectivity index (χ0n) is 17.9. The van der Waals surface area contributed by atoms with Crippen molar-refractivity contribution in [2.45, 2.75) is 76.4 Å². The van der Waals surface area contributed by atoms with E-state index in [1.165, 1.54) is 0 Å². The lowest BCUT2D eigenvalue weighted by Crippen LogP contribution is -2.56. The second kappa shape index (κ2) is 14.7. The van der Waals surface area contributed by atoms with Crippen LogP contribution in [0.15, 0.2) is 0 Å². The maximum Gasteiger partial charge on any atom is 0.327 e. The molecule has 0 aliphatic carbocycles. The smallest absolute Gasteiger partial charge is 0.327 e. The zero-order valence-corrected chi connectivity index (χ0v) is 17.9. The van der Waals surface area contributed by atoms with Crippen molar-refractivity contribution in [3.63, 3.8) is 0 Å². The summed E-state index contributed by atoms with van der Waals surface area (Å²) < 4.78 is 0. The number of amides is 2. The molecule has 0 heterocycles. The average molecular weight is 461 g/mol. The van der Waals surface area contributed by atoms with E-state index in [1.807, 2.05) is 6.92 Å².